The van der Waals surface area contributed by atoms with Crippen LogP contribution in [0.3, 0.4) is 0 Å². The van der Waals surface area contributed by atoms with Gasteiger partial charge in [-0.3, -0.25) is 4.79 Å². The molecule has 0 aromatic carbocycles. The summed E-state index contributed by atoms with van der Waals surface area (Å²) in [7, 11) is 1.21. The van der Waals surface area contributed by atoms with Gasteiger partial charge in [-0.25, -0.2) is 4.79 Å². The van der Waals surface area contributed by atoms with Crippen molar-refractivity contribution in [3.05, 3.63) is 11.6 Å². The summed E-state index contributed by atoms with van der Waals surface area (Å²) in [5, 5.41) is 19.2. The molecule has 0 aliphatic heterocycles. The molecule has 2 N–H and O–H groups in total. The summed E-state index contributed by atoms with van der Waals surface area (Å²) in [6.07, 6.45) is -2.14. The summed E-state index contributed by atoms with van der Waals surface area (Å²) in [5.74, 6) is -1.21. The van der Waals surface area contributed by atoms with Gasteiger partial charge in [0.2, 0.25) is 0 Å². The number of esters is 2. The van der Waals surface area contributed by atoms with Gasteiger partial charge in [0.05, 0.1) is 13.2 Å². The average Bonchev–Trinajstić information content (AvgIpc) is 2.21. The van der Waals surface area contributed by atoms with Crippen LogP contribution >= 0.6 is 0 Å². The SMILES string of the molecule is COC(=O)C1=C[C@@H](O)[C@@H](OC(C)=O)[C@H](O)C1. The van der Waals surface area contributed by atoms with Gasteiger partial charge in [-0.1, -0.05) is 0 Å². The Kier molecular flexibility index (Phi) is 4.03. The number of aliphatic hydroxyl groups excluding tert-OH is 2. The second-order valence-electron chi connectivity index (χ2n) is 3.52. The molecule has 6 heteroatoms. The normalized spacial score (nSPS) is 29.2. The van der Waals surface area contributed by atoms with Crippen molar-refractivity contribution < 1.29 is 29.3 Å². The molecule has 0 bridgehead atoms. The van der Waals surface area contributed by atoms with E-state index >= 15 is 0 Å². The molecule has 0 unspecified atom stereocenters. The summed E-state index contributed by atoms with van der Waals surface area (Å²) in [6.45, 7) is 1.18. The minimum atomic E-state index is -1.21. The van der Waals surface area contributed by atoms with Crippen LogP contribution in [0.15, 0.2) is 11.6 Å². The Bertz CT molecular complexity index is 321. The van der Waals surface area contributed by atoms with Crippen molar-refractivity contribution in [1.82, 2.24) is 0 Å². The van der Waals surface area contributed by atoms with Crippen molar-refractivity contribution in [1.29, 1.82) is 0 Å². The van der Waals surface area contributed by atoms with E-state index in [2.05, 4.69) is 4.74 Å². The molecule has 16 heavy (non-hydrogen) atoms. The molecule has 0 heterocycles. The first-order valence-corrected chi connectivity index (χ1v) is 4.78. The van der Waals surface area contributed by atoms with Crippen LogP contribution in [0.4, 0.5) is 0 Å². The lowest BCUT2D eigenvalue weighted by molar-refractivity contribution is -0.160. The van der Waals surface area contributed by atoms with E-state index in [4.69, 9.17) is 4.74 Å². The monoisotopic (exact) mass is 230 g/mol. The van der Waals surface area contributed by atoms with E-state index in [1.54, 1.807) is 0 Å². The predicted molar refractivity (Wildman–Crippen MR) is 52.3 cm³/mol. The Morgan fingerprint density at radius 1 is 1.44 bits per heavy atom. The summed E-state index contributed by atoms with van der Waals surface area (Å²) < 4.78 is 9.21. The fourth-order valence-corrected chi connectivity index (χ4v) is 1.56. The summed E-state index contributed by atoms with van der Waals surface area (Å²) in [4.78, 5) is 21.9. The van der Waals surface area contributed by atoms with E-state index in [0.29, 0.717) is 0 Å². The summed E-state index contributed by atoms with van der Waals surface area (Å²) >= 11 is 0. The standard InChI is InChI=1S/C10H14O6/c1-5(11)16-9-7(12)3-6(4-8(9)13)10(14)15-2/h3,7-9,12-13H,4H2,1-2H3/t7-,8-,9-/m1/s1. The Morgan fingerprint density at radius 2 is 2.06 bits per heavy atom. The highest BCUT2D eigenvalue weighted by Crippen LogP contribution is 2.22. The van der Waals surface area contributed by atoms with E-state index in [9.17, 15) is 19.8 Å². The molecule has 0 amide bonds. The van der Waals surface area contributed by atoms with Gasteiger partial charge in [-0.2, -0.15) is 0 Å². The van der Waals surface area contributed by atoms with E-state index in [-0.39, 0.29) is 12.0 Å². The smallest absolute Gasteiger partial charge is 0.333 e. The van der Waals surface area contributed by atoms with Crippen LogP contribution in [0.2, 0.25) is 0 Å². The number of hydrogen-bond acceptors (Lipinski definition) is 6. The van der Waals surface area contributed by atoms with Crippen LogP contribution in [-0.4, -0.2) is 47.6 Å². The molecule has 3 atom stereocenters. The third kappa shape index (κ3) is 2.80. The van der Waals surface area contributed by atoms with Crippen LogP contribution < -0.4 is 0 Å². The molecule has 1 aliphatic rings. The quantitative estimate of drug-likeness (QED) is 0.600. The molecule has 6 nitrogen and oxygen atoms in total. The Balaban J connectivity index is 2.79. The van der Waals surface area contributed by atoms with Crippen LogP contribution in [0.5, 0.6) is 0 Å². The maximum atomic E-state index is 11.2. The maximum Gasteiger partial charge on any atom is 0.333 e. The van der Waals surface area contributed by atoms with Gasteiger partial charge in [-0.15, -0.1) is 0 Å². The van der Waals surface area contributed by atoms with Gasteiger partial charge in [0.25, 0.3) is 0 Å². The molecular formula is C10H14O6. The Labute approximate surface area is 92.5 Å². The zero-order valence-electron chi connectivity index (χ0n) is 9.04. The minimum absolute atomic E-state index is 0.0122. The summed E-state index contributed by atoms with van der Waals surface area (Å²) in [6, 6.07) is 0. The van der Waals surface area contributed by atoms with Gasteiger partial charge < -0.3 is 19.7 Å². The summed E-state index contributed by atoms with van der Waals surface area (Å²) in [5.41, 5.74) is 0.172. The van der Waals surface area contributed by atoms with Crippen molar-refractivity contribution in [2.45, 2.75) is 31.7 Å². The van der Waals surface area contributed by atoms with Crippen molar-refractivity contribution in [2.75, 3.05) is 7.11 Å². The first-order chi connectivity index (χ1) is 7.45. The first-order valence-electron chi connectivity index (χ1n) is 4.78. The molecule has 90 valence electrons. The number of rotatable bonds is 2. The van der Waals surface area contributed by atoms with E-state index < -0.39 is 30.3 Å². The molecule has 0 aromatic heterocycles. The topological polar surface area (TPSA) is 93.1 Å². The number of carbonyl (C=O) groups excluding carboxylic acids is 2. The number of carbonyl (C=O) groups is 2. The largest absolute Gasteiger partial charge is 0.466 e. The second kappa shape index (κ2) is 5.09. The molecule has 0 saturated heterocycles. The molecule has 0 aromatic rings. The number of hydrogen-bond donors (Lipinski definition) is 2. The molecule has 0 saturated carbocycles. The maximum absolute atomic E-state index is 11.2. The van der Waals surface area contributed by atoms with Gasteiger partial charge in [-0.05, 0) is 6.08 Å². The van der Waals surface area contributed by atoms with Crippen molar-refractivity contribution in [2.24, 2.45) is 0 Å². The highest BCUT2D eigenvalue weighted by Gasteiger charge is 2.35. The molecular weight excluding hydrogens is 216 g/mol. The minimum Gasteiger partial charge on any atom is -0.466 e. The van der Waals surface area contributed by atoms with E-state index in [1.165, 1.54) is 20.1 Å². The Hall–Kier alpha value is -1.40. The van der Waals surface area contributed by atoms with Gasteiger partial charge in [0, 0.05) is 18.9 Å². The van der Waals surface area contributed by atoms with Gasteiger partial charge >= 0.3 is 11.9 Å². The number of aliphatic hydroxyl groups is 2. The highest BCUT2D eigenvalue weighted by atomic mass is 16.6. The van der Waals surface area contributed by atoms with Crippen LogP contribution in [-0.2, 0) is 19.1 Å². The lowest BCUT2D eigenvalue weighted by atomic mass is 9.92. The average molecular weight is 230 g/mol. The fourth-order valence-electron chi connectivity index (χ4n) is 1.56. The molecule has 1 rings (SSSR count). The Morgan fingerprint density at radius 3 is 2.50 bits per heavy atom. The van der Waals surface area contributed by atoms with Crippen molar-refractivity contribution in [3.63, 3.8) is 0 Å². The van der Waals surface area contributed by atoms with Crippen LogP contribution in [0.1, 0.15) is 13.3 Å². The first kappa shape index (κ1) is 12.7. The highest BCUT2D eigenvalue weighted by molar-refractivity contribution is 5.88. The third-order valence-corrected chi connectivity index (χ3v) is 2.27. The van der Waals surface area contributed by atoms with Crippen molar-refractivity contribution in [3.8, 4) is 0 Å². The molecule has 1 aliphatic carbocycles. The number of ether oxygens (including phenoxy) is 2. The zero-order chi connectivity index (χ0) is 12.3. The van der Waals surface area contributed by atoms with E-state index in [1.807, 2.05) is 0 Å². The molecule has 0 fully saturated rings. The van der Waals surface area contributed by atoms with Crippen LogP contribution in [0.25, 0.3) is 0 Å². The lowest BCUT2D eigenvalue weighted by Crippen LogP contribution is -2.44. The van der Waals surface area contributed by atoms with Crippen LogP contribution in [0, 0.1) is 0 Å². The lowest BCUT2D eigenvalue weighted by Gasteiger charge is -2.29. The van der Waals surface area contributed by atoms with Gasteiger partial charge in [0.15, 0.2) is 6.10 Å². The second-order valence-corrected chi connectivity index (χ2v) is 3.52. The molecule has 0 radical (unpaired) electrons. The van der Waals surface area contributed by atoms with Crippen molar-refractivity contribution >= 4 is 11.9 Å². The van der Waals surface area contributed by atoms with E-state index in [0.717, 1.165) is 0 Å². The predicted octanol–water partition coefficient (Wildman–Crippen LogP) is -0.857. The number of methoxy groups -OCH3 is 1. The fraction of sp³-hybridized carbons (Fsp3) is 0.600. The molecule has 0 spiro atoms. The third-order valence-electron chi connectivity index (χ3n) is 2.27. The zero-order valence-corrected chi connectivity index (χ0v) is 9.04. The van der Waals surface area contributed by atoms with Gasteiger partial charge in [0.1, 0.15) is 6.10 Å².